The van der Waals surface area contributed by atoms with Crippen molar-refractivity contribution in [2.24, 2.45) is 5.14 Å². The smallest absolute Gasteiger partial charge is 0.216 e. The van der Waals surface area contributed by atoms with Crippen molar-refractivity contribution in [3.8, 4) is 0 Å². The molecule has 0 aromatic heterocycles. The largest absolute Gasteiger partial charge is 0.277 e. The molecular weight excluding hydrogens is 188 g/mol. The molecule has 5 heteroatoms. The Morgan fingerprint density at radius 2 is 1.46 bits per heavy atom. The van der Waals surface area contributed by atoms with Gasteiger partial charge in [0, 0.05) is 12.1 Å². The van der Waals surface area contributed by atoms with Crippen LogP contribution >= 0.6 is 0 Å². The summed E-state index contributed by atoms with van der Waals surface area (Å²) in [6.45, 7) is 7.64. The Bertz CT molecular complexity index is 229. The third-order valence-corrected chi connectivity index (χ3v) is 3.65. The minimum absolute atomic E-state index is 0.0232. The highest BCUT2D eigenvalue weighted by molar-refractivity contribution is 7.86. The summed E-state index contributed by atoms with van der Waals surface area (Å²) in [5, 5.41) is 5.13. The minimum Gasteiger partial charge on any atom is -0.216 e. The van der Waals surface area contributed by atoms with Crippen LogP contribution in [-0.4, -0.2) is 24.8 Å². The summed E-state index contributed by atoms with van der Waals surface area (Å²) in [7, 11) is -3.55. The number of nitrogens with two attached hydrogens (primary N) is 1. The fourth-order valence-corrected chi connectivity index (χ4v) is 2.60. The van der Waals surface area contributed by atoms with E-state index in [1.54, 1.807) is 0 Å². The average molecular weight is 208 g/mol. The van der Waals surface area contributed by atoms with Gasteiger partial charge >= 0.3 is 0 Å². The molecule has 4 nitrogen and oxygen atoms in total. The maximum absolute atomic E-state index is 11.2. The Kier molecular flexibility index (Phi) is 4.88. The molecule has 0 aromatic carbocycles. The Balaban J connectivity index is 4.76. The monoisotopic (exact) mass is 208 g/mol. The molecule has 0 rings (SSSR count). The zero-order valence-corrected chi connectivity index (χ0v) is 9.63. The zero-order chi connectivity index (χ0) is 10.6. The number of nitrogens with zero attached hydrogens (tertiary/aromatic N) is 1. The van der Waals surface area contributed by atoms with Gasteiger partial charge in [0.2, 0.25) is 0 Å². The Labute approximate surface area is 81.3 Å². The minimum atomic E-state index is -3.55. The van der Waals surface area contributed by atoms with Crippen molar-refractivity contribution < 1.29 is 8.42 Å². The van der Waals surface area contributed by atoms with Crippen LogP contribution in [0.3, 0.4) is 0 Å². The van der Waals surface area contributed by atoms with E-state index in [-0.39, 0.29) is 12.1 Å². The van der Waals surface area contributed by atoms with Crippen molar-refractivity contribution >= 4 is 10.2 Å². The van der Waals surface area contributed by atoms with E-state index in [1.165, 1.54) is 4.31 Å². The van der Waals surface area contributed by atoms with E-state index in [4.69, 9.17) is 5.14 Å². The van der Waals surface area contributed by atoms with Crippen LogP contribution in [0.2, 0.25) is 0 Å². The highest BCUT2D eigenvalue weighted by atomic mass is 32.2. The van der Waals surface area contributed by atoms with Crippen molar-refractivity contribution in [2.75, 3.05) is 0 Å². The van der Waals surface area contributed by atoms with E-state index in [1.807, 2.05) is 27.7 Å². The molecule has 0 aliphatic carbocycles. The van der Waals surface area contributed by atoms with Gasteiger partial charge in [-0.2, -0.15) is 12.7 Å². The highest BCUT2D eigenvalue weighted by Gasteiger charge is 2.26. The van der Waals surface area contributed by atoms with Gasteiger partial charge in [0.25, 0.3) is 10.2 Å². The molecule has 0 saturated carbocycles. The molecule has 2 atom stereocenters. The zero-order valence-electron chi connectivity index (χ0n) is 8.82. The van der Waals surface area contributed by atoms with Gasteiger partial charge in [-0.15, -0.1) is 0 Å². The quantitative estimate of drug-likeness (QED) is 0.735. The molecule has 0 amide bonds. The van der Waals surface area contributed by atoms with Crippen LogP contribution in [0.25, 0.3) is 0 Å². The van der Waals surface area contributed by atoms with Crippen LogP contribution in [0, 0.1) is 0 Å². The van der Waals surface area contributed by atoms with Gasteiger partial charge in [0.1, 0.15) is 0 Å². The van der Waals surface area contributed by atoms with E-state index in [0.717, 1.165) is 12.8 Å². The van der Waals surface area contributed by atoms with Crippen molar-refractivity contribution in [3.63, 3.8) is 0 Å². The van der Waals surface area contributed by atoms with E-state index < -0.39 is 10.2 Å². The molecule has 0 aliphatic heterocycles. The number of hydrogen-bond donors (Lipinski definition) is 1. The fraction of sp³-hybridized carbons (Fsp3) is 1.00. The average Bonchev–Trinajstić information content (AvgIpc) is 2.01. The summed E-state index contributed by atoms with van der Waals surface area (Å²) >= 11 is 0. The van der Waals surface area contributed by atoms with Gasteiger partial charge in [0.05, 0.1) is 0 Å². The van der Waals surface area contributed by atoms with E-state index in [2.05, 4.69) is 0 Å². The first kappa shape index (κ1) is 12.9. The lowest BCUT2D eigenvalue weighted by atomic mass is 10.2. The van der Waals surface area contributed by atoms with Crippen molar-refractivity contribution in [1.29, 1.82) is 0 Å². The lowest BCUT2D eigenvalue weighted by Gasteiger charge is -2.30. The van der Waals surface area contributed by atoms with Gasteiger partial charge in [-0.1, -0.05) is 13.8 Å². The Morgan fingerprint density at radius 1 is 1.15 bits per heavy atom. The molecule has 2 unspecified atom stereocenters. The maximum atomic E-state index is 11.2. The van der Waals surface area contributed by atoms with Crippen molar-refractivity contribution in [3.05, 3.63) is 0 Å². The SMILES string of the molecule is CCC(C)N(C(C)CC)S(N)(=O)=O. The lowest BCUT2D eigenvalue weighted by molar-refractivity contribution is 0.263. The Hall–Kier alpha value is -0.130. The molecular formula is C8H20N2O2S. The second-order valence-electron chi connectivity index (χ2n) is 3.39. The molecule has 2 N–H and O–H groups in total. The summed E-state index contributed by atoms with van der Waals surface area (Å²) in [6, 6.07) is -0.0464. The van der Waals surface area contributed by atoms with E-state index >= 15 is 0 Å². The van der Waals surface area contributed by atoms with Crippen LogP contribution in [0.4, 0.5) is 0 Å². The summed E-state index contributed by atoms with van der Waals surface area (Å²) < 4.78 is 23.9. The molecule has 0 aliphatic rings. The van der Waals surface area contributed by atoms with E-state index in [0.29, 0.717) is 0 Å². The highest BCUT2D eigenvalue weighted by Crippen LogP contribution is 2.13. The normalized spacial score (nSPS) is 17.4. The predicted octanol–water partition coefficient (Wildman–Crippen LogP) is 1.09. The molecule has 0 aromatic rings. The molecule has 0 fully saturated rings. The number of hydrogen-bond acceptors (Lipinski definition) is 2. The molecule has 13 heavy (non-hydrogen) atoms. The fourth-order valence-electron chi connectivity index (χ4n) is 1.30. The summed E-state index contributed by atoms with van der Waals surface area (Å²) in [5.41, 5.74) is 0. The molecule has 0 bridgehead atoms. The molecule has 0 heterocycles. The van der Waals surface area contributed by atoms with Gasteiger partial charge in [0.15, 0.2) is 0 Å². The van der Waals surface area contributed by atoms with E-state index in [9.17, 15) is 8.42 Å². The molecule has 80 valence electrons. The van der Waals surface area contributed by atoms with Crippen molar-refractivity contribution in [2.45, 2.75) is 52.6 Å². The first-order valence-electron chi connectivity index (χ1n) is 4.65. The van der Waals surface area contributed by atoms with Crippen LogP contribution in [0.1, 0.15) is 40.5 Å². The predicted molar refractivity (Wildman–Crippen MR) is 54.5 cm³/mol. The van der Waals surface area contributed by atoms with Crippen LogP contribution < -0.4 is 5.14 Å². The molecule has 0 spiro atoms. The third kappa shape index (κ3) is 3.62. The summed E-state index contributed by atoms with van der Waals surface area (Å²) in [4.78, 5) is 0. The lowest BCUT2D eigenvalue weighted by Crippen LogP contribution is -2.47. The van der Waals surface area contributed by atoms with Gasteiger partial charge in [-0.05, 0) is 26.7 Å². The third-order valence-electron chi connectivity index (χ3n) is 2.34. The standard InChI is InChI=1S/C8H20N2O2S/c1-5-7(3)10(8(4)6-2)13(9,11)12/h7-8H,5-6H2,1-4H3,(H2,9,11,12). The van der Waals surface area contributed by atoms with Gasteiger partial charge in [-0.25, -0.2) is 5.14 Å². The maximum Gasteiger partial charge on any atom is 0.277 e. The van der Waals surface area contributed by atoms with Crippen LogP contribution in [-0.2, 0) is 10.2 Å². The van der Waals surface area contributed by atoms with Crippen molar-refractivity contribution in [1.82, 2.24) is 4.31 Å². The van der Waals surface area contributed by atoms with Crippen LogP contribution in [0.5, 0.6) is 0 Å². The van der Waals surface area contributed by atoms with Gasteiger partial charge < -0.3 is 0 Å². The number of rotatable bonds is 5. The first-order valence-corrected chi connectivity index (χ1v) is 6.16. The molecule has 0 radical (unpaired) electrons. The topological polar surface area (TPSA) is 63.4 Å². The molecule has 0 saturated heterocycles. The van der Waals surface area contributed by atoms with Gasteiger partial charge in [-0.3, -0.25) is 0 Å². The summed E-state index contributed by atoms with van der Waals surface area (Å²) in [5.74, 6) is 0. The Morgan fingerprint density at radius 3 is 1.62 bits per heavy atom. The van der Waals surface area contributed by atoms with Crippen LogP contribution in [0.15, 0.2) is 0 Å². The second kappa shape index (κ2) is 4.93. The second-order valence-corrected chi connectivity index (χ2v) is 4.84. The first-order chi connectivity index (χ1) is 5.84. The summed E-state index contributed by atoms with van der Waals surface area (Å²) in [6.07, 6.45) is 1.56.